The van der Waals surface area contributed by atoms with E-state index in [9.17, 15) is 13.5 Å². The van der Waals surface area contributed by atoms with Gasteiger partial charge in [-0.25, -0.2) is 8.42 Å². The van der Waals surface area contributed by atoms with E-state index in [2.05, 4.69) is 0 Å². The molecule has 96 valence electrons. The fourth-order valence-corrected chi connectivity index (χ4v) is 2.80. The van der Waals surface area contributed by atoms with Gasteiger partial charge in [0.15, 0.2) is 0 Å². The number of aliphatic hydroxyl groups is 1. The fraction of sp³-hybridized carbons (Fsp3) is 0.500. The maximum Gasteiger partial charge on any atom is 0.243 e. The van der Waals surface area contributed by atoms with Gasteiger partial charge in [-0.15, -0.1) is 0 Å². The molecule has 0 spiro atoms. The lowest BCUT2D eigenvalue weighted by molar-refractivity contribution is 0.199. The second-order valence-electron chi connectivity index (χ2n) is 4.36. The maximum atomic E-state index is 12.2. The van der Waals surface area contributed by atoms with Gasteiger partial charge in [0.1, 0.15) is 0 Å². The Kier molecular flexibility index (Phi) is 4.30. The third kappa shape index (κ3) is 3.06. The summed E-state index contributed by atoms with van der Waals surface area (Å²) in [5.41, 5.74) is 0.600. The van der Waals surface area contributed by atoms with Crippen molar-refractivity contribution in [1.29, 1.82) is 0 Å². The predicted octanol–water partition coefficient (Wildman–Crippen LogP) is 1.77. The lowest BCUT2D eigenvalue weighted by atomic mass is 10.1. The first kappa shape index (κ1) is 14.2. The molecule has 1 N–H and O–H groups in total. The van der Waals surface area contributed by atoms with Crippen LogP contribution in [0.4, 0.5) is 0 Å². The molecular weight excluding hydrogens is 238 g/mol. The molecule has 0 bridgehead atoms. The third-order valence-electron chi connectivity index (χ3n) is 2.74. The molecule has 0 aromatic heterocycles. The zero-order valence-electron chi connectivity index (χ0n) is 10.6. The standard InChI is InChI=1S/C12H19NO3S/c1-9(2)13(4)17(15,16)12-7-5-6-11(8-12)10(3)14/h5-10,14H,1-4H3. The van der Waals surface area contributed by atoms with Crippen LogP contribution < -0.4 is 0 Å². The van der Waals surface area contributed by atoms with Crippen LogP contribution in [-0.2, 0) is 10.0 Å². The highest BCUT2D eigenvalue weighted by Gasteiger charge is 2.23. The van der Waals surface area contributed by atoms with Crippen molar-refractivity contribution >= 4 is 10.0 Å². The highest BCUT2D eigenvalue weighted by atomic mass is 32.2. The molecule has 0 aliphatic rings. The van der Waals surface area contributed by atoms with Crippen molar-refractivity contribution in [3.05, 3.63) is 29.8 Å². The average molecular weight is 257 g/mol. The van der Waals surface area contributed by atoms with E-state index < -0.39 is 16.1 Å². The van der Waals surface area contributed by atoms with E-state index in [1.807, 2.05) is 13.8 Å². The molecule has 1 rings (SSSR count). The maximum absolute atomic E-state index is 12.2. The number of aliphatic hydroxyl groups excluding tert-OH is 1. The lowest BCUT2D eigenvalue weighted by Crippen LogP contribution is -2.33. The molecule has 0 radical (unpaired) electrons. The summed E-state index contributed by atoms with van der Waals surface area (Å²) in [5.74, 6) is 0. The number of benzene rings is 1. The van der Waals surface area contributed by atoms with Gasteiger partial charge in [0.2, 0.25) is 10.0 Å². The predicted molar refractivity (Wildman–Crippen MR) is 67.2 cm³/mol. The van der Waals surface area contributed by atoms with Crippen LogP contribution in [-0.4, -0.2) is 30.9 Å². The van der Waals surface area contributed by atoms with Crippen LogP contribution in [0.5, 0.6) is 0 Å². The van der Waals surface area contributed by atoms with Crippen LogP contribution in [0, 0.1) is 0 Å². The number of rotatable bonds is 4. The van der Waals surface area contributed by atoms with Crippen LogP contribution >= 0.6 is 0 Å². The highest BCUT2D eigenvalue weighted by molar-refractivity contribution is 7.89. The Labute approximate surface area is 103 Å². The quantitative estimate of drug-likeness (QED) is 0.894. The Hall–Kier alpha value is -0.910. The number of sulfonamides is 1. The van der Waals surface area contributed by atoms with Gasteiger partial charge in [0.05, 0.1) is 11.0 Å². The van der Waals surface area contributed by atoms with Crippen molar-refractivity contribution < 1.29 is 13.5 Å². The topological polar surface area (TPSA) is 57.6 Å². The van der Waals surface area contributed by atoms with Crippen LogP contribution in [0.1, 0.15) is 32.4 Å². The molecule has 1 unspecified atom stereocenters. The Balaban J connectivity index is 3.20. The zero-order valence-corrected chi connectivity index (χ0v) is 11.4. The molecule has 17 heavy (non-hydrogen) atoms. The molecular formula is C12H19NO3S. The van der Waals surface area contributed by atoms with Crippen molar-refractivity contribution in [2.24, 2.45) is 0 Å². The average Bonchev–Trinajstić information content (AvgIpc) is 2.28. The Morgan fingerprint density at radius 2 is 1.82 bits per heavy atom. The summed E-state index contributed by atoms with van der Waals surface area (Å²) in [6, 6.07) is 6.30. The molecule has 0 heterocycles. The highest BCUT2D eigenvalue weighted by Crippen LogP contribution is 2.20. The minimum Gasteiger partial charge on any atom is -0.389 e. The molecule has 5 heteroatoms. The second-order valence-corrected chi connectivity index (χ2v) is 6.36. The molecule has 0 amide bonds. The number of hydrogen-bond acceptors (Lipinski definition) is 3. The summed E-state index contributed by atoms with van der Waals surface area (Å²) in [4.78, 5) is 0.215. The van der Waals surface area contributed by atoms with E-state index in [1.165, 1.54) is 10.4 Å². The first-order valence-electron chi connectivity index (χ1n) is 5.53. The zero-order chi connectivity index (χ0) is 13.2. The summed E-state index contributed by atoms with van der Waals surface area (Å²) in [5, 5.41) is 9.45. The molecule has 0 saturated heterocycles. The summed E-state index contributed by atoms with van der Waals surface area (Å²) < 4.78 is 25.7. The smallest absolute Gasteiger partial charge is 0.243 e. The molecule has 0 aliphatic carbocycles. The summed E-state index contributed by atoms with van der Waals surface area (Å²) in [7, 11) is -1.92. The van der Waals surface area contributed by atoms with Crippen LogP contribution in [0.3, 0.4) is 0 Å². The van der Waals surface area contributed by atoms with E-state index in [-0.39, 0.29) is 10.9 Å². The van der Waals surface area contributed by atoms with Crippen LogP contribution in [0.2, 0.25) is 0 Å². The van der Waals surface area contributed by atoms with Gasteiger partial charge in [-0.2, -0.15) is 4.31 Å². The summed E-state index contributed by atoms with van der Waals surface area (Å²) in [6.07, 6.45) is -0.672. The van der Waals surface area contributed by atoms with E-state index in [4.69, 9.17) is 0 Å². The molecule has 1 aromatic rings. The molecule has 4 nitrogen and oxygen atoms in total. The molecule has 0 aliphatic heterocycles. The molecule has 1 atom stereocenters. The third-order valence-corrected chi connectivity index (χ3v) is 4.77. The van der Waals surface area contributed by atoms with Gasteiger partial charge in [0, 0.05) is 13.1 Å². The molecule has 0 fully saturated rings. The lowest BCUT2D eigenvalue weighted by Gasteiger charge is -2.21. The van der Waals surface area contributed by atoms with Crippen molar-refractivity contribution in [3.8, 4) is 0 Å². The van der Waals surface area contributed by atoms with Crippen LogP contribution in [0.15, 0.2) is 29.2 Å². The van der Waals surface area contributed by atoms with E-state index in [0.29, 0.717) is 5.56 Å². The van der Waals surface area contributed by atoms with E-state index in [1.54, 1.807) is 32.2 Å². The van der Waals surface area contributed by atoms with Crippen molar-refractivity contribution in [2.45, 2.75) is 37.8 Å². The summed E-state index contributed by atoms with van der Waals surface area (Å²) in [6.45, 7) is 5.24. The second kappa shape index (κ2) is 5.16. The summed E-state index contributed by atoms with van der Waals surface area (Å²) >= 11 is 0. The Morgan fingerprint density at radius 1 is 1.24 bits per heavy atom. The SMILES string of the molecule is CC(O)c1cccc(S(=O)(=O)N(C)C(C)C)c1. The van der Waals surface area contributed by atoms with Crippen LogP contribution in [0.25, 0.3) is 0 Å². The van der Waals surface area contributed by atoms with Gasteiger partial charge in [-0.05, 0) is 38.5 Å². The first-order valence-corrected chi connectivity index (χ1v) is 6.97. The minimum atomic E-state index is -3.47. The molecule has 1 aromatic carbocycles. The van der Waals surface area contributed by atoms with Gasteiger partial charge in [0.25, 0.3) is 0 Å². The Bertz CT molecular complexity index is 480. The normalized spacial score (nSPS) is 14.3. The number of nitrogens with zero attached hydrogens (tertiary/aromatic N) is 1. The molecule has 0 saturated carbocycles. The van der Waals surface area contributed by atoms with E-state index in [0.717, 1.165) is 0 Å². The largest absolute Gasteiger partial charge is 0.389 e. The van der Waals surface area contributed by atoms with Gasteiger partial charge < -0.3 is 5.11 Å². The minimum absolute atomic E-state index is 0.102. The van der Waals surface area contributed by atoms with Gasteiger partial charge in [-0.3, -0.25) is 0 Å². The van der Waals surface area contributed by atoms with Crippen molar-refractivity contribution in [3.63, 3.8) is 0 Å². The van der Waals surface area contributed by atoms with Crippen molar-refractivity contribution in [1.82, 2.24) is 4.31 Å². The van der Waals surface area contributed by atoms with Crippen molar-refractivity contribution in [2.75, 3.05) is 7.05 Å². The van der Waals surface area contributed by atoms with Gasteiger partial charge in [-0.1, -0.05) is 12.1 Å². The fourth-order valence-electron chi connectivity index (χ4n) is 1.38. The first-order chi connectivity index (χ1) is 7.76. The van der Waals surface area contributed by atoms with Gasteiger partial charge >= 0.3 is 0 Å². The monoisotopic (exact) mass is 257 g/mol. The van der Waals surface area contributed by atoms with E-state index >= 15 is 0 Å². The number of hydrogen-bond donors (Lipinski definition) is 1. The Morgan fingerprint density at radius 3 is 2.29 bits per heavy atom.